The summed E-state index contributed by atoms with van der Waals surface area (Å²) in [4.78, 5) is 35.4. The van der Waals surface area contributed by atoms with E-state index in [1.54, 1.807) is 44.2 Å². The van der Waals surface area contributed by atoms with Gasteiger partial charge >= 0.3 is 5.97 Å². The maximum Gasteiger partial charge on any atom is 0.341 e. The lowest BCUT2D eigenvalue weighted by atomic mass is 10.0. The summed E-state index contributed by atoms with van der Waals surface area (Å²) in [5, 5.41) is 14.3. The van der Waals surface area contributed by atoms with Crippen LogP contribution in [0.1, 0.15) is 44.3 Å². The van der Waals surface area contributed by atoms with Crippen molar-refractivity contribution in [2.45, 2.75) is 27.7 Å². The Kier molecular flexibility index (Phi) is 6.76. The van der Waals surface area contributed by atoms with Crippen molar-refractivity contribution in [2.75, 3.05) is 18.5 Å². The van der Waals surface area contributed by atoms with Gasteiger partial charge in [-0.05, 0) is 68.7 Å². The van der Waals surface area contributed by atoms with Gasteiger partial charge in [0.05, 0.1) is 0 Å². The average molecular weight is 384 g/mol. The van der Waals surface area contributed by atoms with Crippen LogP contribution in [0.5, 0.6) is 5.75 Å². The summed E-state index contributed by atoms with van der Waals surface area (Å²) < 4.78 is 5.29. The van der Waals surface area contributed by atoms with E-state index >= 15 is 0 Å². The summed E-state index contributed by atoms with van der Waals surface area (Å²) in [6, 6.07) is 8.41. The van der Waals surface area contributed by atoms with Gasteiger partial charge in [-0.25, -0.2) is 4.79 Å². The lowest BCUT2D eigenvalue weighted by molar-refractivity contribution is -0.139. The van der Waals surface area contributed by atoms with Crippen molar-refractivity contribution in [3.63, 3.8) is 0 Å². The predicted molar refractivity (Wildman–Crippen MR) is 106 cm³/mol. The molecule has 0 fully saturated rings. The minimum atomic E-state index is -1.07. The Labute approximate surface area is 163 Å². The van der Waals surface area contributed by atoms with Gasteiger partial charge in [0.2, 0.25) is 0 Å². The number of carboxylic acids is 1. The number of benzene rings is 2. The highest BCUT2D eigenvalue weighted by molar-refractivity contribution is 6.06. The molecule has 0 heterocycles. The van der Waals surface area contributed by atoms with Crippen LogP contribution < -0.4 is 15.4 Å². The van der Waals surface area contributed by atoms with Gasteiger partial charge in [0.25, 0.3) is 11.8 Å². The second-order valence-electron chi connectivity index (χ2n) is 6.46. The number of nitrogens with one attached hydrogen (secondary N) is 2. The molecule has 3 N–H and O–H groups in total. The molecule has 28 heavy (non-hydrogen) atoms. The normalized spacial score (nSPS) is 10.3. The highest BCUT2D eigenvalue weighted by atomic mass is 16.5. The van der Waals surface area contributed by atoms with E-state index in [1.807, 2.05) is 13.8 Å². The third-order valence-corrected chi connectivity index (χ3v) is 4.15. The van der Waals surface area contributed by atoms with Crippen molar-refractivity contribution in [1.82, 2.24) is 5.32 Å². The molecule has 148 valence electrons. The standard InChI is InChI=1S/C21H24N2O5/c1-5-22-20(26)15-7-6-12(2)17(10-15)23-21(27)16-8-13(3)19(14(4)9-16)28-11-18(24)25/h6-10H,5,11H2,1-4H3,(H,22,26)(H,23,27)(H,24,25). The molecule has 0 aromatic heterocycles. The molecule has 0 saturated carbocycles. The monoisotopic (exact) mass is 384 g/mol. The largest absolute Gasteiger partial charge is 0.481 e. The summed E-state index contributed by atoms with van der Waals surface area (Å²) in [6.45, 7) is 7.26. The number of amides is 2. The number of rotatable bonds is 7. The number of hydrogen-bond acceptors (Lipinski definition) is 4. The second-order valence-corrected chi connectivity index (χ2v) is 6.46. The number of anilines is 1. The summed E-state index contributed by atoms with van der Waals surface area (Å²) in [7, 11) is 0. The minimum absolute atomic E-state index is 0.204. The molecule has 2 aromatic rings. The van der Waals surface area contributed by atoms with E-state index in [0.29, 0.717) is 40.2 Å². The zero-order valence-corrected chi connectivity index (χ0v) is 16.4. The maximum absolute atomic E-state index is 12.7. The highest BCUT2D eigenvalue weighted by Crippen LogP contribution is 2.26. The van der Waals surface area contributed by atoms with Gasteiger partial charge < -0.3 is 20.5 Å². The molecular formula is C21H24N2O5. The highest BCUT2D eigenvalue weighted by Gasteiger charge is 2.15. The SMILES string of the molecule is CCNC(=O)c1ccc(C)c(NC(=O)c2cc(C)c(OCC(=O)O)c(C)c2)c1. The van der Waals surface area contributed by atoms with Crippen LogP contribution in [0.4, 0.5) is 5.69 Å². The first-order valence-corrected chi connectivity index (χ1v) is 8.89. The number of carboxylic acid groups (broad SMARTS) is 1. The van der Waals surface area contributed by atoms with E-state index in [4.69, 9.17) is 9.84 Å². The van der Waals surface area contributed by atoms with Crippen LogP contribution in [0.3, 0.4) is 0 Å². The van der Waals surface area contributed by atoms with E-state index in [0.717, 1.165) is 5.56 Å². The number of carbonyl (C=O) groups excluding carboxylic acids is 2. The van der Waals surface area contributed by atoms with Crippen LogP contribution in [-0.2, 0) is 4.79 Å². The van der Waals surface area contributed by atoms with Crippen molar-refractivity contribution in [3.05, 3.63) is 58.1 Å². The van der Waals surface area contributed by atoms with Crippen LogP contribution in [0.25, 0.3) is 0 Å². The molecule has 0 bridgehead atoms. The summed E-state index contributed by atoms with van der Waals surface area (Å²) in [5.74, 6) is -1.15. The Bertz CT molecular complexity index is 898. The number of ether oxygens (including phenoxy) is 1. The van der Waals surface area contributed by atoms with Crippen LogP contribution in [-0.4, -0.2) is 36.0 Å². The Morgan fingerprint density at radius 1 is 0.929 bits per heavy atom. The Balaban J connectivity index is 2.24. The molecule has 0 atom stereocenters. The lowest BCUT2D eigenvalue weighted by Crippen LogP contribution is -2.23. The summed E-state index contributed by atoms with van der Waals surface area (Å²) >= 11 is 0. The molecule has 2 rings (SSSR count). The maximum atomic E-state index is 12.7. The van der Waals surface area contributed by atoms with Gasteiger partial charge in [0.15, 0.2) is 6.61 Å². The first kappa shape index (κ1) is 21.0. The van der Waals surface area contributed by atoms with E-state index in [-0.39, 0.29) is 11.8 Å². The lowest BCUT2D eigenvalue weighted by Gasteiger charge is -2.14. The van der Waals surface area contributed by atoms with Crippen molar-refractivity contribution in [2.24, 2.45) is 0 Å². The fourth-order valence-corrected chi connectivity index (χ4v) is 2.80. The number of hydrogen-bond donors (Lipinski definition) is 3. The van der Waals surface area contributed by atoms with Crippen LogP contribution in [0, 0.1) is 20.8 Å². The van der Waals surface area contributed by atoms with Crippen molar-refractivity contribution >= 4 is 23.5 Å². The van der Waals surface area contributed by atoms with Gasteiger partial charge in [0, 0.05) is 23.4 Å². The molecule has 0 aliphatic heterocycles. The second kappa shape index (κ2) is 9.03. The van der Waals surface area contributed by atoms with E-state index < -0.39 is 12.6 Å². The predicted octanol–water partition coefficient (Wildman–Crippen LogP) is 3.08. The van der Waals surface area contributed by atoms with Crippen molar-refractivity contribution < 1.29 is 24.2 Å². The molecule has 2 aromatic carbocycles. The molecule has 2 amide bonds. The van der Waals surface area contributed by atoms with Crippen LogP contribution in [0.15, 0.2) is 30.3 Å². The molecule has 0 unspecified atom stereocenters. The van der Waals surface area contributed by atoms with E-state index in [2.05, 4.69) is 10.6 Å². The quantitative estimate of drug-likeness (QED) is 0.680. The van der Waals surface area contributed by atoms with E-state index in [9.17, 15) is 14.4 Å². The topological polar surface area (TPSA) is 105 Å². The fourth-order valence-electron chi connectivity index (χ4n) is 2.80. The zero-order valence-electron chi connectivity index (χ0n) is 16.4. The first-order chi connectivity index (χ1) is 13.2. The van der Waals surface area contributed by atoms with Gasteiger partial charge in [-0.15, -0.1) is 0 Å². The number of aliphatic carboxylic acids is 1. The molecule has 7 nitrogen and oxygen atoms in total. The molecule has 0 aliphatic rings. The average Bonchev–Trinajstić information content (AvgIpc) is 2.62. The number of carbonyl (C=O) groups is 3. The van der Waals surface area contributed by atoms with Gasteiger partial charge in [-0.1, -0.05) is 6.07 Å². The van der Waals surface area contributed by atoms with Gasteiger partial charge in [0.1, 0.15) is 5.75 Å². The number of aryl methyl sites for hydroxylation is 3. The Hall–Kier alpha value is -3.35. The summed E-state index contributed by atoms with van der Waals surface area (Å²) in [6.07, 6.45) is 0. The van der Waals surface area contributed by atoms with Crippen molar-refractivity contribution in [3.8, 4) is 5.75 Å². The molecule has 0 radical (unpaired) electrons. The molecule has 0 saturated heterocycles. The zero-order chi connectivity index (χ0) is 20.8. The minimum Gasteiger partial charge on any atom is -0.481 e. The van der Waals surface area contributed by atoms with Gasteiger partial charge in [-0.2, -0.15) is 0 Å². The third kappa shape index (κ3) is 5.09. The molecule has 0 aliphatic carbocycles. The fraction of sp³-hybridized carbons (Fsp3) is 0.286. The Morgan fingerprint density at radius 2 is 1.57 bits per heavy atom. The first-order valence-electron chi connectivity index (χ1n) is 8.89. The van der Waals surface area contributed by atoms with Crippen molar-refractivity contribution in [1.29, 1.82) is 0 Å². The molecular weight excluding hydrogens is 360 g/mol. The molecule has 0 spiro atoms. The third-order valence-electron chi connectivity index (χ3n) is 4.15. The van der Waals surface area contributed by atoms with Crippen LogP contribution >= 0.6 is 0 Å². The van der Waals surface area contributed by atoms with E-state index in [1.165, 1.54) is 0 Å². The Morgan fingerprint density at radius 3 is 2.14 bits per heavy atom. The smallest absolute Gasteiger partial charge is 0.341 e. The molecule has 7 heteroatoms. The van der Waals surface area contributed by atoms with Gasteiger partial charge in [-0.3, -0.25) is 9.59 Å². The summed E-state index contributed by atoms with van der Waals surface area (Å²) in [5.41, 5.74) is 3.60. The van der Waals surface area contributed by atoms with Crippen LogP contribution in [0.2, 0.25) is 0 Å².